The van der Waals surface area contributed by atoms with Crippen LogP contribution in [0, 0.1) is 5.82 Å². The Morgan fingerprint density at radius 2 is 2.00 bits per heavy atom. The summed E-state index contributed by atoms with van der Waals surface area (Å²) in [5, 5.41) is 1.51. The van der Waals surface area contributed by atoms with Crippen molar-refractivity contribution in [3.05, 3.63) is 52.8 Å². The maximum absolute atomic E-state index is 13.4. The summed E-state index contributed by atoms with van der Waals surface area (Å²) < 4.78 is 19.1. The van der Waals surface area contributed by atoms with E-state index in [0.717, 1.165) is 47.2 Å². The third-order valence-electron chi connectivity index (χ3n) is 4.27. The molecular formula is C20H22ClFN2O. The van der Waals surface area contributed by atoms with E-state index in [-0.39, 0.29) is 5.82 Å². The second-order valence-electron chi connectivity index (χ2n) is 5.99. The maximum atomic E-state index is 13.4. The van der Waals surface area contributed by atoms with Crippen molar-refractivity contribution >= 4 is 22.5 Å². The lowest BCUT2D eigenvalue weighted by molar-refractivity contribution is 0.340. The van der Waals surface area contributed by atoms with Crippen LogP contribution in [0.1, 0.15) is 25.3 Å². The van der Waals surface area contributed by atoms with Gasteiger partial charge in [-0.1, -0.05) is 11.6 Å². The average Bonchev–Trinajstić information content (AvgIpc) is 2.93. The van der Waals surface area contributed by atoms with Crippen molar-refractivity contribution in [3.63, 3.8) is 0 Å². The van der Waals surface area contributed by atoms with Gasteiger partial charge >= 0.3 is 0 Å². The minimum Gasteiger partial charge on any atom is -0.494 e. The van der Waals surface area contributed by atoms with Gasteiger partial charge in [0.25, 0.3) is 0 Å². The molecule has 1 heterocycles. The zero-order valence-electron chi connectivity index (χ0n) is 14.2. The Bertz CT molecular complexity index is 876. The van der Waals surface area contributed by atoms with E-state index in [4.69, 9.17) is 22.1 Å². The van der Waals surface area contributed by atoms with Crippen molar-refractivity contribution in [3.8, 4) is 17.0 Å². The zero-order valence-corrected chi connectivity index (χ0v) is 15.0. The minimum atomic E-state index is -0.340. The molecule has 2 aromatic carbocycles. The number of nitrogens with two attached hydrogens (primary N) is 1. The Balaban J connectivity index is 2.13. The fourth-order valence-corrected chi connectivity index (χ4v) is 3.37. The van der Waals surface area contributed by atoms with Crippen LogP contribution in [0.2, 0.25) is 5.02 Å². The Labute approximate surface area is 151 Å². The number of hydrogen-bond acceptors (Lipinski definition) is 2. The number of aryl methyl sites for hydroxylation is 1. The number of nitrogens with one attached hydrogen (secondary N) is 1. The van der Waals surface area contributed by atoms with E-state index in [9.17, 15) is 4.39 Å². The van der Waals surface area contributed by atoms with Crippen LogP contribution in [-0.2, 0) is 6.42 Å². The molecule has 3 aromatic rings. The van der Waals surface area contributed by atoms with E-state index in [2.05, 4.69) is 4.98 Å². The molecule has 25 heavy (non-hydrogen) atoms. The van der Waals surface area contributed by atoms with Gasteiger partial charge in [-0.15, -0.1) is 0 Å². The van der Waals surface area contributed by atoms with Gasteiger partial charge < -0.3 is 15.5 Å². The largest absolute Gasteiger partial charge is 0.494 e. The average molecular weight is 361 g/mol. The summed E-state index contributed by atoms with van der Waals surface area (Å²) in [5.74, 6) is 0.499. The monoisotopic (exact) mass is 360 g/mol. The van der Waals surface area contributed by atoms with Crippen molar-refractivity contribution < 1.29 is 9.13 Å². The minimum absolute atomic E-state index is 0.340. The number of ether oxygens (including phenoxy) is 1. The molecule has 0 aliphatic carbocycles. The van der Waals surface area contributed by atoms with Crippen molar-refractivity contribution in [2.45, 2.75) is 26.2 Å². The number of aromatic nitrogens is 1. The van der Waals surface area contributed by atoms with Gasteiger partial charge in [0.15, 0.2) is 0 Å². The number of hydrogen-bond donors (Lipinski definition) is 2. The molecule has 3 rings (SSSR count). The van der Waals surface area contributed by atoms with Gasteiger partial charge in [-0.25, -0.2) is 4.39 Å². The molecular weight excluding hydrogens is 339 g/mol. The summed E-state index contributed by atoms with van der Waals surface area (Å²) in [6, 6.07) is 10.5. The lowest BCUT2D eigenvalue weighted by atomic mass is 10.00. The third kappa shape index (κ3) is 3.80. The summed E-state index contributed by atoms with van der Waals surface area (Å²) in [6.45, 7) is 3.25. The van der Waals surface area contributed by atoms with Gasteiger partial charge in [0.1, 0.15) is 11.6 Å². The van der Waals surface area contributed by atoms with Gasteiger partial charge in [-0.2, -0.15) is 0 Å². The Hall–Kier alpha value is -2.04. The first-order valence-electron chi connectivity index (χ1n) is 8.57. The van der Waals surface area contributed by atoms with Gasteiger partial charge in [0.05, 0.1) is 17.3 Å². The molecule has 0 aliphatic heterocycles. The van der Waals surface area contributed by atoms with E-state index >= 15 is 0 Å². The molecule has 0 saturated heterocycles. The van der Waals surface area contributed by atoms with Crippen LogP contribution >= 0.6 is 11.6 Å². The molecule has 132 valence electrons. The molecule has 0 aliphatic rings. The van der Waals surface area contributed by atoms with Crippen LogP contribution in [0.25, 0.3) is 22.2 Å². The highest BCUT2D eigenvalue weighted by atomic mass is 35.5. The van der Waals surface area contributed by atoms with E-state index in [0.29, 0.717) is 18.2 Å². The van der Waals surface area contributed by atoms with Gasteiger partial charge in [-0.05, 0) is 74.7 Å². The molecule has 1 aromatic heterocycles. The Morgan fingerprint density at radius 1 is 1.16 bits per heavy atom. The molecule has 0 bridgehead atoms. The number of unbranched alkanes of at least 4 members (excludes halogenated alkanes) is 1. The van der Waals surface area contributed by atoms with Crippen LogP contribution in [-0.4, -0.2) is 18.1 Å². The number of aromatic amines is 1. The van der Waals surface area contributed by atoms with E-state index in [1.54, 1.807) is 6.07 Å². The normalized spacial score (nSPS) is 11.2. The molecule has 5 heteroatoms. The molecule has 0 unspecified atom stereocenters. The molecule has 0 amide bonds. The van der Waals surface area contributed by atoms with Crippen LogP contribution < -0.4 is 10.5 Å². The highest BCUT2D eigenvalue weighted by Gasteiger charge is 2.16. The topological polar surface area (TPSA) is 51.0 Å². The SMILES string of the molecule is CCOc1ccc2[nH]c(-c3ccc(F)cc3Cl)c(CCCCN)c2c1. The lowest BCUT2D eigenvalue weighted by Crippen LogP contribution is -1.99. The fourth-order valence-electron chi connectivity index (χ4n) is 3.11. The predicted molar refractivity (Wildman–Crippen MR) is 102 cm³/mol. The van der Waals surface area contributed by atoms with Crippen molar-refractivity contribution in [1.82, 2.24) is 4.98 Å². The quantitative estimate of drug-likeness (QED) is 0.561. The number of H-pyrrole nitrogens is 1. The van der Waals surface area contributed by atoms with Crippen LogP contribution in [0.15, 0.2) is 36.4 Å². The first kappa shape index (κ1) is 17.8. The van der Waals surface area contributed by atoms with Crippen molar-refractivity contribution in [1.29, 1.82) is 0 Å². The van der Waals surface area contributed by atoms with Crippen molar-refractivity contribution in [2.75, 3.05) is 13.2 Å². The molecule has 0 radical (unpaired) electrons. The molecule has 0 fully saturated rings. The molecule has 3 nitrogen and oxygen atoms in total. The van der Waals surface area contributed by atoms with Crippen LogP contribution in [0.3, 0.4) is 0 Å². The Morgan fingerprint density at radius 3 is 2.72 bits per heavy atom. The van der Waals surface area contributed by atoms with E-state index in [1.807, 2.05) is 25.1 Å². The summed E-state index contributed by atoms with van der Waals surface area (Å²) in [5.41, 5.74) is 9.57. The van der Waals surface area contributed by atoms with E-state index in [1.165, 1.54) is 17.7 Å². The summed E-state index contributed by atoms with van der Waals surface area (Å²) >= 11 is 6.30. The number of rotatable bonds is 7. The summed E-state index contributed by atoms with van der Waals surface area (Å²) in [7, 11) is 0. The van der Waals surface area contributed by atoms with Gasteiger partial charge in [0, 0.05) is 16.5 Å². The maximum Gasteiger partial charge on any atom is 0.124 e. The molecule has 0 spiro atoms. The smallest absolute Gasteiger partial charge is 0.124 e. The molecule has 0 saturated carbocycles. The van der Waals surface area contributed by atoms with Crippen LogP contribution in [0.5, 0.6) is 5.75 Å². The first-order valence-corrected chi connectivity index (χ1v) is 8.94. The number of fused-ring (bicyclic) bond motifs is 1. The second-order valence-corrected chi connectivity index (χ2v) is 6.40. The second kappa shape index (κ2) is 7.89. The highest BCUT2D eigenvalue weighted by molar-refractivity contribution is 6.33. The number of benzene rings is 2. The zero-order chi connectivity index (χ0) is 17.8. The van der Waals surface area contributed by atoms with Crippen LogP contribution in [0.4, 0.5) is 4.39 Å². The fraction of sp³-hybridized carbons (Fsp3) is 0.300. The van der Waals surface area contributed by atoms with E-state index < -0.39 is 0 Å². The van der Waals surface area contributed by atoms with Gasteiger partial charge in [0.2, 0.25) is 0 Å². The lowest BCUT2D eigenvalue weighted by Gasteiger charge is -2.08. The number of halogens is 2. The standard InChI is InChI=1S/C20H22ClFN2O/c1-2-25-14-7-9-19-17(12-14)15(5-3-4-10-23)20(24-19)16-8-6-13(22)11-18(16)21/h6-9,11-12,24H,2-5,10,23H2,1H3. The third-order valence-corrected chi connectivity index (χ3v) is 4.58. The molecule has 0 atom stereocenters. The van der Waals surface area contributed by atoms with Crippen molar-refractivity contribution in [2.24, 2.45) is 5.73 Å². The first-order chi connectivity index (χ1) is 12.1. The highest BCUT2D eigenvalue weighted by Crippen LogP contribution is 2.37. The summed E-state index contributed by atoms with van der Waals surface area (Å²) in [4.78, 5) is 3.44. The Kier molecular flexibility index (Phi) is 5.61. The predicted octanol–water partition coefficient (Wildman–Crippen LogP) is 5.31. The van der Waals surface area contributed by atoms with Gasteiger partial charge in [-0.3, -0.25) is 0 Å². The summed E-state index contributed by atoms with van der Waals surface area (Å²) in [6.07, 6.45) is 2.80. The molecule has 3 N–H and O–H groups in total.